The minimum atomic E-state index is -0.540. The zero-order valence-corrected chi connectivity index (χ0v) is 17.4. The van der Waals surface area contributed by atoms with Crippen LogP contribution >= 0.6 is 39.1 Å². The van der Waals surface area contributed by atoms with E-state index in [2.05, 4.69) is 36.5 Å². The van der Waals surface area contributed by atoms with Crippen molar-refractivity contribution in [2.75, 3.05) is 11.9 Å². The molecule has 1 aromatic heterocycles. The van der Waals surface area contributed by atoms with E-state index in [0.29, 0.717) is 22.9 Å². The Morgan fingerprint density at radius 1 is 1.32 bits per heavy atom. The van der Waals surface area contributed by atoms with Gasteiger partial charge in [0, 0.05) is 22.4 Å². The number of carbonyl (C=O) groups is 1. The molecule has 2 N–H and O–H groups in total. The highest BCUT2D eigenvalue weighted by Gasteiger charge is 2.17. The molecule has 0 saturated heterocycles. The molecule has 0 aliphatic heterocycles. The fourth-order valence-corrected chi connectivity index (χ4v) is 2.71. The van der Waals surface area contributed by atoms with Gasteiger partial charge in [-0.25, -0.2) is 14.8 Å². The zero-order valence-electron chi connectivity index (χ0n) is 14.3. The number of rotatable bonds is 4. The molecule has 9 heteroatoms. The molecule has 25 heavy (non-hydrogen) atoms. The molecule has 2 rings (SSSR count). The fraction of sp³-hybridized carbons (Fsp3) is 0.438. The molecule has 1 atom stereocenters. The third-order valence-corrected chi connectivity index (χ3v) is 4.41. The molecule has 0 radical (unpaired) electrons. The second kappa shape index (κ2) is 7.93. The van der Waals surface area contributed by atoms with Crippen LogP contribution in [0.15, 0.2) is 16.6 Å². The van der Waals surface area contributed by atoms with E-state index < -0.39 is 11.7 Å². The normalized spacial score (nSPS) is 12.8. The molecule has 0 aliphatic carbocycles. The third kappa shape index (κ3) is 5.87. The van der Waals surface area contributed by atoms with Crippen molar-refractivity contribution in [2.24, 2.45) is 0 Å². The van der Waals surface area contributed by atoms with Crippen LogP contribution < -0.4 is 10.6 Å². The highest BCUT2D eigenvalue weighted by molar-refractivity contribution is 9.10. The molecular weight excluding hydrogens is 431 g/mol. The number of anilines is 1. The van der Waals surface area contributed by atoms with E-state index in [4.69, 9.17) is 27.9 Å². The SMILES string of the molecule is C[C@@H](CNC(=O)OC(C)(C)C)Nc1nc(Cl)nc2cc(Br)c(Cl)cc12. The maximum Gasteiger partial charge on any atom is 0.407 e. The van der Waals surface area contributed by atoms with Gasteiger partial charge >= 0.3 is 6.09 Å². The zero-order chi connectivity index (χ0) is 18.8. The van der Waals surface area contributed by atoms with Gasteiger partial charge in [0.05, 0.1) is 10.5 Å². The van der Waals surface area contributed by atoms with Crippen LogP contribution in [0.4, 0.5) is 10.6 Å². The molecule has 1 heterocycles. The molecule has 0 bridgehead atoms. The summed E-state index contributed by atoms with van der Waals surface area (Å²) in [7, 11) is 0. The van der Waals surface area contributed by atoms with Gasteiger partial charge in [-0.2, -0.15) is 0 Å². The van der Waals surface area contributed by atoms with E-state index in [-0.39, 0.29) is 11.3 Å². The van der Waals surface area contributed by atoms with Crippen LogP contribution in [-0.2, 0) is 4.74 Å². The Morgan fingerprint density at radius 3 is 2.64 bits per heavy atom. The summed E-state index contributed by atoms with van der Waals surface area (Å²) in [5, 5.41) is 7.32. The van der Waals surface area contributed by atoms with Gasteiger partial charge in [0.1, 0.15) is 11.4 Å². The lowest BCUT2D eigenvalue weighted by Gasteiger charge is -2.21. The summed E-state index contributed by atoms with van der Waals surface area (Å²) in [4.78, 5) is 20.2. The van der Waals surface area contributed by atoms with Crippen molar-refractivity contribution in [3.8, 4) is 0 Å². The van der Waals surface area contributed by atoms with E-state index in [1.54, 1.807) is 12.1 Å². The van der Waals surface area contributed by atoms with Gasteiger partial charge in [0.15, 0.2) is 0 Å². The van der Waals surface area contributed by atoms with Crippen molar-refractivity contribution in [2.45, 2.75) is 39.3 Å². The van der Waals surface area contributed by atoms with Crippen molar-refractivity contribution < 1.29 is 9.53 Å². The summed E-state index contributed by atoms with van der Waals surface area (Å²) in [5.41, 5.74) is 0.118. The molecule has 0 aliphatic rings. The van der Waals surface area contributed by atoms with Crippen molar-refractivity contribution in [1.29, 1.82) is 0 Å². The Hall–Kier alpha value is -1.31. The molecule has 2 aromatic rings. The number of aromatic nitrogens is 2. The standard InChI is InChI=1S/C16H19BrCl2N4O2/c1-8(7-20-15(24)25-16(2,3)4)21-13-9-5-11(18)10(17)6-12(9)22-14(19)23-13/h5-6,8H,7H2,1-4H3,(H,20,24)(H,21,22,23)/t8-/m0/s1. The Morgan fingerprint density at radius 2 is 2.00 bits per heavy atom. The third-order valence-electron chi connectivity index (χ3n) is 3.05. The molecule has 0 fully saturated rings. The molecule has 136 valence electrons. The lowest BCUT2D eigenvalue weighted by atomic mass is 10.2. The van der Waals surface area contributed by atoms with E-state index in [0.717, 1.165) is 9.86 Å². The van der Waals surface area contributed by atoms with Crippen LogP contribution in [0.2, 0.25) is 10.3 Å². The fourth-order valence-electron chi connectivity index (χ4n) is 2.04. The average Bonchev–Trinajstić information content (AvgIpc) is 2.45. The quantitative estimate of drug-likeness (QED) is 0.640. The minimum Gasteiger partial charge on any atom is -0.444 e. The monoisotopic (exact) mass is 448 g/mol. The molecule has 1 aromatic carbocycles. The van der Waals surface area contributed by atoms with E-state index in [1.807, 2.05) is 27.7 Å². The van der Waals surface area contributed by atoms with E-state index in [1.165, 1.54) is 0 Å². The number of hydrogen-bond donors (Lipinski definition) is 2. The number of alkyl carbamates (subject to hydrolysis) is 1. The molecular formula is C16H19BrCl2N4O2. The van der Waals surface area contributed by atoms with Gasteiger partial charge in [-0.15, -0.1) is 0 Å². The van der Waals surface area contributed by atoms with E-state index >= 15 is 0 Å². The number of nitrogens with zero attached hydrogens (tertiary/aromatic N) is 2. The Labute approximate surface area is 164 Å². The summed E-state index contributed by atoms with van der Waals surface area (Å²) in [6.07, 6.45) is -0.473. The number of hydrogen-bond acceptors (Lipinski definition) is 5. The first-order valence-corrected chi connectivity index (χ1v) is 9.16. The number of halogens is 3. The van der Waals surface area contributed by atoms with Crippen LogP contribution in [0.5, 0.6) is 0 Å². The molecule has 1 amide bonds. The first kappa shape index (κ1) is 20.0. The topological polar surface area (TPSA) is 76.1 Å². The lowest BCUT2D eigenvalue weighted by molar-refractivity contribution is 0.0526. The van der Waals surface area contributed by atoms with Crippen molar-refractivity contribution in [3.63, 3.8) is 0 Å². The second-order valence-corrected chi connectivity index (χ2v) is 8.15. The largest absolute Gasteiger partial charge is 0.444 e. The number of nitrogens with one attached hydrogen (secondary N) is 2. The van der Waals surface area contributed by atoms with Gasteiger partial charge < -0.3 is 15.4 Å². The summed E-state index contributed by atoms with van der Waals surface area (Å²) in [6, 6.07) is 3.41. The van der Waals surface area contributed by atoms with Gasteiger partial charge in [0.2, 0.25) is 5.28 Å². The van der Waals surface area contributed by atoms with Crippen LogP contribution in [0.1, 0.15) is 27.7 Å². The molecule has 0 unspecified atom stereocenters. The first-order valence-electron chi connectivity index (χ1n) is 7.61. The summed E-state index contributed by atoms with van der Waals surface area (Å²) in [5.74, 6) is 0.544. The number of ether oxygens (including phenoxy) is 1. The molecule has 6 nitrogen and oxygen atoms in total. The van der Waals surface area contributed by atoms with Gasteiger partial charge in [-0.05, 0) is 67.4 Å². The number of benzene rings is 1. The van der Waals surface area contributed by atoms with Crippen molar-refractivity contribution in [3.05, 3.63) is 26.9 Å². The Kier molecular flexibility index (Phi) is 6.35. The molecule has 0 saturated carbocycles. The summed E-state index contributed by atoms with van der Waals surface area (Å²) in [6.45, 7) is 7.68. The lowest BCUT2D eigenvalue weighted by Crippen LogP contribution is -2.38. The first-order chi connectivity index (χ1) is 11.5. The average molecular weight is 450 g/mol. The maximum atomic E-state index is 11.7. The van der Waals surface area contributed by atoms with Crippen LogP contribution in [-0.4, -0.2) is 34.2 Å². The number of fused-ring (bicyclic) bond motifs is 1. The minimum absolute atomic E-state index is 0.121. The predicted molar refractivity (Wildman–Crippen MR) is 105 cm³/mol. The predicted octanol–water partition coefficient (Wildman–Crippen LogP) is 5.02. The van der Waals surface area contributed by atoms with Crippen LogP contribution in [0.25, 0.3) is 10.9 Å². The maximum absolute atomic E-state index is 11.7. The number of carbonyl (C=O) groups excluding carboxylic acids is 1. The smallest absolute Gasteiger partial charge is 0.407 e. The van der Waals surface area contributed by atoms with Gasteiger partial charge in [0.25, 0.3) is 0 Å². The van der Waals surface area contributed by atoms with Gasteiger partial charge in [-0.3, -0.25) is 0 Å². The molecule has 0 spiro atoms. The highest BCUT2D eigenvalue weighted by atomic mass is 79.9. The van der Waals surface area contributed by atoms with Crippen molar-refractivity contribution >= 4 is 61.9 Å². The summed E-state index contributed by atoms with van der Waals surface area (Å²) < 4.78 is 5.93. The van der Waals surface area contributed by atoms with Crippen LogP contribution in [0, 0.1) is 0 Å². The number of amides is 1. The highest BCUT2D eigenvalue weighted by Crippen LogP contribution is 2.31. The summed E-state index contributed by atoms with van der Waals surface area (Å²) >= 11 is 15.5. The Bertz CT molecular complexity index is 796. The second-order valence-electron chi connectivity index (χ2n) is 6.55. The van der Waals surface area contributed by atoms with Crippen LogP contribution in [0.3, 0.4) is 0 Å². The van der Waals surface area contributed by atoms with Crippen molar-refractivity contribution in [1.82, 2.24) is 15.3 Å². The Balaban J connectivity index is 2.11. The van der Waals surface area contributed by atoms with Gasteiger partial charge in [-0.1, -0.05) is 11.6 Å². The van der Waals surface area contributed by atoms with E-state index in [9.17, 15) is 4.79 Å².